The Morgan fingerprint density at radius 2 is 2.00 bits per heavy atom. The summed E-state index contributed by atoms with van der Waals surface area (Å²) in [4.78, 5) is 4.34. The van der Waals surface area contributed by atoms with Crippen molar-refractivity contribution in [2.45, 2.75) is 0 Å². The first kappa shape index (κ1) is 11.0. The van der Waals surface area contributed by atoms with Gasteiger partial charge in [-0.15, -0.1) is 0 Å². The number of aromatic nitrogens is 3. The van der Waals surface area contributed by atoms with E-state index in [1.54, 1.807) is 12.4 Å². The average Bonchev–Trinajstić information content (AvgIpc) is 2.89. The number of halogens is 1. The van der Waals surface area contributed by atoms with Gasteiger partial charge in [0, 0.05) is 22.3 Å². The minimum atomic E-state index is 0.703. The lowest BCUT2D eigenvalue weighted by Gasteiger charge is -2.03. The van der Waals surface area contributed by atoms with Crippen LogP contribution < -0.4 is 0 Å². The SMILES string of the molecule is Clc1cccc(-c2[nH]ncc2-c2ccccn2)c1. The first-order valence-electron chi connectivity index (χ1n) is 5.55. The van der Waals surface area contributed by atoms with Gasteiger partial charge in [-0.2, -0.15) is 5.10 Å². The number of benzene rings is 1. The van der Waals surface area contributed by atoms with E-state index in [-0.39, 0.29) is 0 Å². The number of hydrogen-bond acceptors (Lipinski definition) is 2. The molecule has 2 aromatic heterocycles. The number of nitrogens with zero attached hydrogens (tertiary/aromatic N) is 2. The summed E-state index contributed by atoms with van der Waals surface area (Å²) in [7, 11) is 0. The Morgan fingerprint density at radius 1 is 1.06 bits per heavy atom. The average molecular weight is 256 g/mol. The van der Waals surface area contributed by atoms with Crippen LogP contribution in [0.15, 0.2) is 54.9 Å². The van der Waals surface area contributed by atoms with Gasteiger partial charge in [-0.25, -0.2) is 0 Å². The molecule has 0 aliphatic heterocycles. The van der Waals surface area contributed by atoms with Gasteiger partial charge in [0.15, 0.2) is 0 Å². The van der Waals surface area contributed by atoms with Crippen LogP contribution in [0, 0.1) is 0 Å². The molecule has 88 valence electrons. The van der Waals surface area contributed by atoms with E-state index >= 15 is 0 Å². The van der Waals surface area contributed by atoms with Crippen LogP contribution in [0.25, 0.3) is 22.5 Å². The Morgan fingerprint density at radius 3 is 2.78 bits per heavy atom. The maximum atomic E-state index is 6.01. The van der Waals surface area contributed by atoms with Gasteiger partial charge in [0.2, 0.25) is 0 Å². The Labute approximate surface area is 109 Å². The molecule has 3 nitrogen and oxygen atoms in total. The number of rotatable bonds is 2. The van der Waals surface area contributed by atoms with Gasteiger partial charge in [0.1, 0.15) is 0 Å². The van der Waals surface area contributed by atoms with Crippen molar-refractivity contribution < 1.29 is 0 Å². The summed E-state index contributed by atoms with van der Waals surface area (Å²) in [5.41, 5.74) is 3.79. The van der Waals surface area contributed by atoms with Gasteiger partial charge in [-0.1, -0.05) is 29.8 Å². The standard InChI is InChI=1S/C14H10ClN3/c15-11-5-3-4-10(8-11)14-12(9-17-18-14)13-6-1-2-7-16-13/h1-9H,(H,17,18). The Bertz CT molecular complexity index is 662. The zero-order chi connectivity index (χ0) is 12.4. The number of pyridine rings is 1. The van der Waals surface area contributed by atoms with Crippen molar-refractivity contribution in [3.05, 3.63) is 59.9 Å². The molecule has 0 aliphatic carbocycles. The molecule has 2 heterocycles. The van der Waals surface area contributed by atoms with Gasteiger partial charge in [-0.05, 0) is 24.3 Å². The van der Waals surface area contributed by atoms with Gasteiger partial charge in [-0.3, -0.25) is 10.1 Å². The number of nitrogens with one attached hydrogen (secondary N) is 1. The molecule has 0 saturated carbocycles. The first-order valence-corrected chi connectivity index (χ1v) is 5.93. The van der Waals surface area contributed by atoms with E-state index in [1.807, 2.05) is 42.5 Å². The maximum Gasteiger partial charge on any atom is 0.0744 e. The second kappa shape index (κ2) is 4.63. The highest BCUT2D eigenvalue weighted by molar-refractivity contribution is 6.30. The Kier molecular flexibility index (Phi) is 2.82. The molecular formula is C14H10ClN3. The molecule has 1 N–H and O–H groups in total. The monoisotopic (exact) mass is 255 g/mol. The van der Waals surface area contributed by atoms with Gasteiger partial charge in [0.05, 0.1) is 17.6 Å². The van der Waals surface area contributed by atoms with Crippen molar-refractivity contribution in [2.75, 3.05) is 0 Å². The molecule has 0 atom stereocenters. The quantitative estimate of drug-likeness (QED) is 0.757. The van der Waals surface area contributed by atoms with Crippen molar-refractivity contribution >= 4 is 11.6 Å². The van der Waals surface area contributed by atoms with Crippen molar-refractivity contribution in [3.63, 3.8) is 0 Å². The van der Waals surface area contributed by atoms with Crippen molar-refractivity contribution in [3.8, 4) is 22.5 Å². The van der Waals surface area contributed by atoms with E-state index in [0.717, 1.165) is 22.5 Å². The molecule has 0 spiro atoms. The smallest absolute Gasteiger partial charge is 0.0744 e. The van der Waals surface area contributed by atoms with Crippen LogP contribution in [-0.4, -0.2) is 15.2 Å². The number of aromatic amines is 1. The minimum Gasteiger partial charge on any atom is -0.277 e. The third-order valence-corrected chi connectivity index (χ3v) is 2.93. The highest BCUT2D eigenvalue weighted by Crippen LogP contribution is 2.29. The molecule has 3 rings (SSSR count). The summed E-state index contributed by atoms with van der Waals surface area (Å²) >= 11 is 6.01. The molecule has 3 aromatic rings. The molecule has 0 saturated heterocycles. The number of hydrogen-bond donors (Lipinski definition) is 1. The second-order valence-electron chi connectivity index (χ2n) is 3.88. The third kappa shape index (κ3) is 2.00. The fourth-order valence-electron chi connectivity index (χ4n) is 1.87. The van der Waals surface area contributed by atoms with E-state index in [0.29, 0.717) is 5.02 Å². The molecule has 4 heteroatoms. The third-order valence-electron chi connectivity index (χ3n) is 2.69. The largest absolute Gasteiger partial charge is 0.277 e. The van der Waals surface area contributed by atoms with Crippen LogP contribution in [0.5, 0.6) is 0 Å². The summed E-state index contributed by atoms with van der Waals surface area (Å²) in [5.74, 6) is 0. The van der Waals surface area contributed by atoms with E-state index in [2.05, 4.69) is 15.2 Å². The molecule has 18 heavy (non-hydrogen) atoms. The lowest BCUT2D eigenvalue weighted by atomic mass is 10.1. The van der Waals surface area contributed by atoms with Crippen LogP contribution >= 0.6 is 11.6 Å². The lowest BCUT2D eigenvalue weighted by molar-refractivity contribution is 1.10. The van der Waals surface area contributed by atoms with Crippen LogP contribution in [0.3, 0.4) is 0 Å². The molecule has 0 radical (unpaired) electrons. The normalized spacial score (nSPS) is 10.5. The summed E-state index contributed by atoms with van der Waals surface area (Å²) in [6.45, 7) is 0. The summed E-state index contributed by atoms with van der Waals surface area (Å²) < 4.78 is 0. The topological polar surface area (TPSA) is 41.6 Å². The fraction of sp³-hybridized carbons (Fsp3) is 0. The second-order valence-corrected chi connectivity index (χ2v) is 4.32. The van der Waals surface area contributed by atoms with Crippen molar-refractivity contribution in [2.24, 2.45) is 0 Å². The molecule has 1 aromatic carbocycles. The van der Waals surface area contributed by atoms with Crippen LogP contribution in [0.1, 0.15) is 0 Å². The maximum absolute atomic E-state index is 6.01. The molecule has 0 unspecified atom stereocenters. The van der Waals surface area contributed by atoms with Gasteiger partial charge < -0.3 is 0 Å². The first-order chi connectivity index (χ1) is 8.84. The molecule has 0 amide bonds. The lowest BCUT2D eigenvalue weighted by Crippen LogP contribution is -1.84. The summed E-state index contributed by atoms with van der Waals surface area (Å²) in [6, 6.07) is 13.5. The summed E-state index contributed by atoms with van der Waals surface area (Å²) in [5, 5.41) is 7.80. The Balaban J connectivity index is 2.13. The highest BCUT2D eigenvalue weighted by atomic mass is 35.5. The van der Waals surface area contributed by atoms with Crippen LogP contribution in [-0.2, 0) is 0 Å². The van der Waals surface area contributed by atoms with E-state index < -0.39 is 0 Å². The predicted molar refractivity (Wildman–Crippen MR) is 72.3 cm³/mol. The Hall–Kier alpha value is -2.13. The molecule has 0 fully saturated rings. The zero-order valence-electron chi connectivity index (χ0n) is 9.47. The van der Waals surface area contributed by atoms with Crippen molar-refractivity contribution in [1.82, 2.24) is 15.2 Å². The summed E-state index contributed by atoms with van der Waals surface area (Å²) in [6.07, 6.45) is 3.54. The number of H-pyrrole nitrogens is 1. The van der Waals surface area contributed by atoms with E-state index in [4.69, 9.17) is 11.6 Å². The molecule has 0 bridgehead atoms. The fourth-order valence-corrected chi connectivity index (χ4v) is 2.06. The van der Waals surface area contributed by atoms with Gasteiger partial charge in [0.25, 0.3) is 0 Å². The van der Waals surface area contributed by atoms with Crippen LogP contribution in [0.4, 0.5) is 0 Å². The molecule has 0 aliphatic rings. The molecular weight excluding hydrogens is 246 g/mol. The van der Waals surface area contributed by atoms with E-state index in [9.17, 15) is 0 Å². The van der Waals surface area contributed by atoms with Crippen LogP contribution in [0.2, 0.25) is 5.02 Å². The van der Waals surface area contributed by atoms with Crippen molar-refractivity contribution in [1.29, 1.82) is 0 Å². The zero-order valence-corrected chi connectivity index (χ0v) is 10.2. The predicted octanol–water partition coefficient (Wildman–Crippen LogP) is 3.79. The minimum absolute atomic E-state index is 0.703. The van der Waals surface area contributed by atoms with Gasteiger partial charge >= 0.3 is 0 Å². The van der Waals surface area contributed by atoms with E-state index in [1.165, 1.54) is 0 Å². The highest BCUT2D eigenvalue weighted by Gasteiger charge is 2.10.